The molecule has 192 valence electrons. The van der Waals surface area contributed by atoms with E-state index in [0.717, 1.165) is 69.9 Å². The molecule has 10 heteroatoms. The maximum absolute atomic E-state index is 4.58. The minimum absolute atomic E-state index is 0.735. The van der Waals surface area contributed by atoms with E-state index in [2.05, 4.69) is 46.6 Å². The van der Waals surface area contributed by atoms with Crippen molar-refractivity contribution < 1.29 is 0 Å². The molecule has 0 radical (unpaired) electrons. The van der Waals surface area contributed by atoms with Crippen LogP contribution in [0.5, 0.6) is 0 Å². The fourth-order valence-corrected chi connectivity index (χ4v) is 6.49. The van der Waals surface area contributed by atoms with Crippen molar-refractivity contribution in [1.29, 1.82) is 0 Å². The van der Waals surface area contributed by atoms with E-state index in [4.69, 9.17) is 0 Å². The Morgan fingerprint density at radius 3 is 2.05 bits per heavy atom. The van der Waals surface area contributed by atoms with Crippen LogP contribution >= 0.6 is 22.7 Å². The van der Waals surface area contributed by atoms with Crippen molar-refractivity contribution in [3.8, 4) is 0 Å². The van der Waals surface area contributed by atoms with Gasteiger partial charge in [0.1, 0.15) is 5.00 Å². The molecule has 1 saturated heterocycles. The molecule has 2 aromatic carbocycles. The van der Waals surface area contributed by atoms with E-state index in [9.17, 15) is 0 Å². The van der Waals surface area contributed by atoms with E-state index in [1.54, 1.807) is 22.7 Å². The number of rotatable bonds is 7. The minimum Gasteiger partial charge on any atom is -0.363 e. The first-order chi connectivity index (χ1) is 18.6. The molecule has 6 rings (SSSR count). The Balaban J connectivity index is 1.09. The van der Waals surface area contributed by atoms with Crippen molar-refractivity contribution in [2.75, 3.05) is 18.0 Å². The highest BCUT2D eigenvalue weighted by atomic mass is 32.1. The lowest BCUT2D eigenvalue weighted by atomic mass is 10.2. The normalized spacial score (nSPS) is 15.6. The third-order valence-corrected chi connectivity index (χ3v) is 8.79. The number of hydrogen-bond acceptors (Lipinski definition) is 10. The highest BCUT2D eigenvalue weighted by Gasteiger charge is 2.16. The molecule has 0 saturated carbocycles. The molecule has 8 nitrogen and oxygen atoms in total. The largest absolute Gasteiger partial charge is 0.363 e. The Bertz CT molecular complexity index is 1520. The van der Waals surface area contributed by atoms with Crippen LogP contribution in [0.4, 0.5) is 37.9 Å². The van der Waals surface area contributed by atoms with Crippen LogP contribution in [0.3, 0.4) is 0 Å². The zero-order valence-electron chi connectivity index (χ0n) is 21.5. The molecule has 0 unspecified atom stereocenters. The molecule has 2 aromatic heterocycles. The Morgan fingerprint density at radius 1 is 0.684 bits per heavy atom. The molecule has 0 amide bonds. The molecule has 0 bridgehead atoms. The summed E-state index contributed by atoms with van der Waals surface area (Å²) in [6.45, 7) is 6.28. The van der Waals surface area contributed by atoms with Crippen molar-refractivity contribution in [3.63, 3.8) is 0 Å². The van der Waals surface area contributed by atoms with Gasteiger partial charge in [-0.15, -0.1) is 20.5 Å². The van der Waals surface area contributed by atoms with Crippen molar-refractivity contribution >= 4 is 60.6 Å². The van der Waals surface area contributed by atoms with Gasteiger partial charge in [-0.1, -0.05) is 22.7 Å². The third-order valence-electron chi connectivity index (χ3n) is 6.72. The van der Waals surface area contributed by atoms with Gasteiger partial charge in [0.05, 0.1) is 33.4 Å². The number of benzene rings is 2. The molecule has 3 heterocycles. The van der Waals surface area contributed by atoms with Gasteiger partial charge in [-0.2, -0.15) is 10.2 Å². The van der Waals surface area contributed by atoms with E-state index in [1.165, 1.54) is 34.8 Å². The maximum atomic E-state index is 4.58. The predicted molar refractivity (Wildman–Crippen MR) is 155 cm³/mol. The average molecular weight is 541 g/mol. The molecule has 1 aliphatic carbocycles. The van der Waals surface area contributed by atoms with E-state index in [1.807, 2.05) is 56.3 Å². The predicted octanol–water partition coefficient (Wildman–Crippen LogP) is 10.2. The number of thiophene rings is 1. The lowest BCUT2D eigenvalue weighted by Gasteiger charge is -2.13. The molecule has 4 aromatic rings. The van der Waals surface area contributed by atoms with Crippen LogP contribution in [-0.4, -0.2) is 18.1 Å². The number of aromatic nitrogens is 1. The Hall–Kier alpha value is -3.63. The van der Waals surface area contributed by atoms with E-state index in [-0.39, 0.29) is 0 Å². The van der Waals surface area contributed by atoms with Gasteiger partial charge >= 0.3 is 0 Å². The van der Waals surface area contributed by atoms with Crippen LogP contribution < -0.4 is 4.90 Å². The second kappa shape index (κ2) is 11.0. The lowest BCUT2D eigenvalue weighted by Crippen LogP contribution is -2.15. The summed E-state index contributed by atoms with van der Waals surface area (Å²) in [7, 11) is 0. The quantitative estimate of drug-likeness (QED) is 0.218. The summed E-state index contributed by atoms with van der Waals surface area (Å²) in [5.74, 6) is 0. The average Bonchev–Trinajstić information content (AvgIpc) is 3.71. The zero-order chi connectivity index (χ0) is 25.9. The van der Waals surface area contributed by atoms with Crippen LogP contribution in [0.1, 0.15) is 41.0 Å². The van der Waals surface area contributed by atoms with Gasteiger partial charge < -0.3 is 4.90 Å². The molecular weight excluding hydrogens is 512 g/mol. The van der Waals surface area contributed by atoms with Crippen molar-refractivity contribution in [3.05, 3.63) is 70.2 Å². The summed E-state index contributed by atoms with van der Waals surface area (Å²) in [4.78, 5) is 8.35. The van der Waals surface area contributed by atoms with Gasteiger partial charge in [0.15, 0.2) is 0 Å². The zero-order valence-corrected chi connectivity index (χ0v) is 23.1. The third kappa shape index (κ3) is 5.61. The van der Waals surface area contributed by atoms with Crippen molar-refractivity contribution in [1.82, 2.24) is 4.98 Å². The summed E-state index contributed by atoms with van der Waals surface area (Å²) >= 11 is 3.33. The molecule has 2 aliphatic rings. The van der Waals surface area contributed by atoms with Crippen molar-refractivity contribution in [2.45, 2.75) is 46.0 Å². The number of aryl methyl sites for hydroxylation is 4. The van der Waals surface area contributed by atoms with Crippen LogP contribution in [0.2, 0.25) is 0 Å². The number of azo groups is 3. The highest BCUT2D eigenvalue weighted by molar-refractivity contribution is 7.19. The number of thiazole rings is 1. The molecule has 0 atom stereocenters. The Kier molecular flexibility index (Phi) is 7.15. The number of nitrogens with zero attached hydrogens (tertiary/aromatic N) is 8. The summed E-state index contributed by atoms with van der Waals surface area (Å²) < 4.78 is 0. The summed E-state index contributed by atoms with van der Waals surface area (Å²) in [5, 5.41) is 29.5. The lowest BCUT2D eigenvalue weighted by molar-refractivity contribution is 0.898. The highest BCUT2D eigenvalue weighted by Crippen LogP contribution is 2.36. The molecule has 38 heavy (non-hydrogen) atoms. The second-order valence-corrected chi connectivity index (χ2v) is 11.7. The summed E-state index contributed by atoms with van der Waals surface area (Å²) in [5.41, 5.74) is 6.35. The Morgan fingerprint density at radius 2 is 1.37 bits per heavy atom. The number of anilines is 1. The molecule has 1 aliphatic heterocycles. The van der Waals surface area contributed by atoms with Gasteiger partial charge in [-0.05, 0) is 106 Å². The van der Waals surface area contributed by atoms with Crippen LogP contribution in [0, 0.1) is 13.8 Å². The maximum Gasteiger partial charge on any atom is 0.230 e. The summed E-state index contributed by atoms with van der Waals surface area (Å²) in [6, 6.07) is 15.8. The van der Waals surface area contributed by atoms with Gasteiger partial charge in [0.25, 0.3) is 0 Å². The smallest absolute Gasteiger partial charge is 0.230 e. The first kappa shape index (κ1) is 24.7. The number of fused-ring (bicyclic) bond motifs is 1. The monoisotopic (exact) mass is 540 g/mol. The molecule has 0 N–H and O–H groups in total. The fourth-order valence-electron chi connectivity index (χ4n) is 4.64. The summed E-state index contributed by atoms with van der Waals surface area (Å²) in [6.07, 6.45) is 5.90. The van der Waals surface area contributed by atoms with Gasteiger partial charge in [0.2, 0.25) is 5.13 Å². The van der Waals surface area contributed by atoms with E-state index in [0.29, 0.717) is 0 Å². The van der Waals surface area contributed by atoms with E-state index >= 15 is 0 Å². The van der Waals surface area contributed by atoms with Gasteiger partial charge in [-0.25, -0.2) is 4.98 Å². The van der Waals surface area contributed by atoms with Gasteiger partial charge in [0, 0.05) is 18.0 Å². The first-order valence-corrected chi connectivity index (χ1v) is 14.5. The first-order valence-electron chi connectivity index (χ1n) is 12.9. The standard InChI is InChI=1S/C28H28N8S2/c1-18-17-21(31-34-26-12-13-27(38-26)36-14-3-4-15-36)9-10-22(18)32-30-20-8-11-23(19(2)16-20)33-35-28-29-24-6-5-7-25(24)37-28/h8-13,16-17H,3-7,14-15H2,1-2H3. The topological polar surface area (TPSA) is 90.3 Å². The molecule has 1 fully saturated rings. The molecule has 0 spiro atoms. The van der Waals surface area contributed by atoms with E-state index < -0.39 is 0 Å². The Labute approximate surface area is 229 Å². The molecular formula is C28H28N8S2. The van der Waals surface area contributed by atoms with Crippen LogP contribution in [0.15, 0.2) is 79.2 Å². The van der Waals surface area contributed by atoms with Gasteiger partial charge in [-0.3, -0.25) is 0 Å². The SMILES string of the molecule is Cc1cc(N=Nc2ccc(N3CCCC3)s2)ccc1N=Nc1ccc(N=Nc2nc3c(s2)CCC3)c(C)c1. The number of hydrogen-bond donors (Lipinski definition) is 0. The van der Waals surface area contributed by atoms with Crippen LogP contribution in [-0.2, 0) is 12.8 Å². The minimum atomic E-state index is 0.735. The fraction of sp³-hybridized carbons (Fsp3) is 0.321. The van der Waals surface area contributed by atoms with Crippen LogP contribution in [0.25, 0.3) is 0 Å². The van der Waals surface area contributed by atoms with Crippen molar-refractivity contribution in [2.24, 2.45) is 30.7 Å². The second-order valence-electron chi connectivity index (χ2n) is 9.57.